The van der Waals surface area contributed by atoms with E-state index in [1.165, 1.54) is 6.92 Å². The number of piperazine rings is 1. The van der Waals surface area contributed by atoms with Crippen LogP contribution in [0.5, 0.6) is 0 Å². The first-order chi connectivity index (χ1) is 11.4. The summed E-state index contributed by atoms with van der Waals surface area (Å²) in [6, 6.07) is 8.36. The summed E-state index contributed by atoms with van der Waals surface area (Å²) >= 11 is 0. The maximum absolute atomic E-state index is 12.6. The molecule has 0 saturated carbocycles. The summed E-state index contributed by atoms with van der Waals surface area (Å²) in [4.78, 5) is 40.1. The van der Waals surface area contributed by atoms with Crippen LogP contribution in [0, 0.1) is 5.92 Å². The normalized spacial score (nSPS) is 17.8. The first kappa shape index (κ1) is 18.0. The third-order valence-corrected chi connectivity index (χ3v) is 4.08. The SMILES string of the molecule is CC(=O)N1CCN(C(=O)c2ccccc2)CC1C(=O)NCC(C)C. The fraction of sp³-hybridized carbons (Fsp3) is 0.500. The number of rotatable bonds is 4. The highest BCUT2D eigenvalue weighted by Crippen LogP contribution is 2.14. The smallest absolute Gasteiger partial charge is 0.253 e. The molecule has 1 aromatic rings. The average molecular weight is 331 g/mol. The van der Waals surface area contributed by atoms with Crippen LogP contribution in [0.4, 0.5) is 0 Å². The van der Waals surface area contributed by atoms with Gasteiger partial charge in [0.15, 0.2) is 0 Å². The van der Waals surface area contributed by atoms with Gasteiger partial charge < -0.3 is 15.1 Å². The molecule has 1 unspecified atom stereocenters. The molecule has 1 fully saturated rings. The Hall–Kier alpha value is -2.37. The summed E-state index contributed by atoms with van der Waals surface area (Å²) < 4.78 is 0. The fourth-order valence-electron chi connectivity index (χ4n) is 2.75. The number of benzene rings is 1. The van der Waals surface area contributed by atoms with E-state index in [1.807, 2.05) is 32.0 Å². The van der Waals surface area contributed by atoms with Crippen LogP contribution >= 0.6 is 0 Å². The van der Waals surface area contributed by atoms with Crippen molar-refractivity contribution in [3.8, 4) is 0 Å². The molecule has 1 saturated heterocycles. The summed E-state index contributed by atoms with van der Waals surface area (Å²) in [5.41, 5.74) is 0.593. The van der Waals surface area contributed by atoms with E-state index in [0.29, 0.717) is 31.1 Å². The van der Waals surface area contributed by atoms with Crippen LogP contribution in [0.1, 0.15) is 31.1 Å². The molecule has 130 valence electrons. The molecule has 0 radical (unpaired) electrons. The minimum absolute atomic E-state index is 0.111. The largest absolute Gasteiger partial charge is 0.354 e. The fourth-order valence-corrected chi connectivity index (χ4v) is 2.75. The van der Waals surface area contributed by atoms with E-state index in [1.54, 1.807) is 21.9 Å². The first-order valence-corrected chi connectivity index (χ1v) is 8.29. The number of carbonyl (C=O) groups excluding carboxylic acids is 3. The van der Waals surface area contributed by atoms with Gasteiger partial charge in [0.2, 0.25) is 11.8 Å². The number of hydrogen-bond acceptors (Lipinski definition) is 3. The van der Waals surface area contributed by atoms with E-state index in [2.05, 4.69) is 5.32 Å². The quantitative estimate of drug-likeness (QED) is 0.899. The van der Waals surface area contributed by atoms with E-state index in [0.717, 1.165) is 0 Å². The number of hydrogen-bond donors (Lipinski definition) is 1. The summed E-state index contributed by atoms with van der Waals surface area (Å²) in [6.45, 7) is 7.04. The summed E-state index contributed by atoms with van der Waals surface area (Å²) in [5.74, 6) is -0.137. The van der Waals surface area contributed by atoms with Gasteiger partial charge in [0.25, 0.3) is 5.91 Å². The van der Waals surface area contributed by atoms with Crippen molar-refractivity contribution in [2.24, 2.45) is 5.92 Å². The molecule has 3 amide bonds. The molecular weight excluding hydrogens is 306 g/mol. The van der Waals surface area contributed by atoms with Gasteiger partial charge in [-0.2, -0.15) is 0 Å². The van der Waals surface area contributed by atoms with Crippen molar-refractivity contribution in [1.82, 2.24) is 15.1 Å². The molecule has 1 heterocycles. The molecular formula is C18H25N3O3. The molecule has 1 aliphatic rings. The van der Waals surface area contributed by atoms with Gasteiger partial charge in [0, 0.05) is 32.1 Å². The minimum Gasteiger partial charge on any atom is -0.354 e. The number of nitrogens with zero attached hydrogens (tertiary/aromatic N) is 2. The van der Waals surface area contributed by atoms with Gasteiger partial charge in [0.05, 0.1) is 6.54 Å². The number of nitrogens with one attached hydrogen (secondary N) is 1. The molecule has 1 aliphatic heterocycles. The van der Waals surface area contributed by atoms with E-state index in [-0.39, 0.29) is 24.3 Å². The highest BCUT2D eigenvalue weighted by molar-refractivity contribution is 5.95. The number of amides is 3. The van der Waals surface area contributed by atoms with E-state index in [9.17, 15) is 14.4 Å². The van der Waals surface area contributed by atoms with Crippen molar-refractivity contribution in [2.75, 3.05) is 26.2 Å². The Morgan fingerprint density at radius 2 is 1.83 bits per heavy atom. The van der Waals surface area contributed by atoms with Crippen LogP contribution < -0.4 is 5.32 Å². The van der Waals surface area contributed by atoms with Crippen LogP contribution in [-0.4, -0.2) is 59.7 Å². The Labute approximate surface area is 142 Å². The third kappa shape index (κ3) is 4.34. The molecule has 0 aromatic heterocycles. The maximum atomic E-state index is 12.6. The Kier molecular flexibility index (Phi) is 5.95. The summed E-state index contributed by atoms with van der Waals surface area (Å²) in [7, 11) is 0. The molecule has 0 bridgehead atoms. The van der Waals surface area contributed by atoms with Crippen molar-refractivity contribution in [3.63, 3.8) is 0 Å². The van der Waals surface area contributed by atoms with Gasteiger partial charge >= 0.3 is 0 Å². The molecule has 24 heavy (non-hydrogen) atoms. The zero-order valence-electron chi connectivity index (χ0n) is 14.5. The van der Waals surface area contributed by atoms with Gasteiger partial charge in [-0.25, -0.2) is 0 Å². The summed E-state index contributed by atoms with van der Waals surface area (Å²) in [6.07, 6.45) is 0. The molecule has 6 heteroatoms. The van der Waals surface area contributed by atoms with E-state index in [4.69, 9.17) is 0 Å². The van der Waals surface area contributed by atoms with Crippen LogP contribution in [0.2, 0.25) is 0 Å². The predicted octanol–water partition coefficient (Wildman–Crippen LogP) is 1.13. The first-order valence-electron chi connectivity index (χ1n) is 8.29. The molecule has 0 spiro atoms. The van der Waals surface area contributed by atoms with Crippen LogP contribution in [0.3, 0.4) is 0 Å². The van der Waals surface area contributed by atoms with Crippen LogP contribution in [0.25, 0.3) is 0 Å². The van der Waals surface area contributed by atoms with Crippen molar-refractivity contribution in [2.45, 2.75) is 26.8 Å². The lowest BCUT2D eigenvalue weighted by molar-refractivity contribution is -0.141. The second kappa shape index (κ2) is 7.95. The topological polar surface area (TPSA) is 69.7 Å². The van der Waals surface area contributed by atoms with Crippen LogP contribution in [-0.2, 0) is 9.59 Å². The van der Waals surface area contributed by atoms with Crippen molar-refractivity contribution in [1.29, 1.82) is 0 Å². The zero-order chi connectivity index (χ0) is 17.7. The van der Waals surface area contributed by atoms with Crippen molar-refractivity contribution >= 4 is 17.7 Å². The van der Waals surface area contributed by atoms with Gasteiger partial charge in [-0.05, 0) is 18.1 Å². The van der Waals surface area contributed by atoms with E-state index >= 15 is 0 Å². The van der Waals surface area contributed by atoms with Gasteiger partial charge in [-0.3, -0.25) is 14.4 Å². The maximum Gasteiger partial charge on any atom is 0.253 e. The molecule has 0 aliphatic carbocycles. The Balaban J connectivity index is 2.11. The second-order valence-corrected chi connectivity index (χ2v) is 6.48. The Bertz CT molecular complexity index is 601. The standard InChI is InChI=1S/C18H25N3O3/c1-13(2)11-19-17(23)16-12-20(9-10-21(16)14(3)22)18(24)15-7-5-4-6-8-15/h4-8,13,16H,9-12H2,1-3H3,(H,19,23). The zero-order valence-corrected chi connectivity index (χ0v) is 14.5. The lowest BCUT2D eigenvalue weighted by Gasteiger charge is -2.40. The highest BCUT2D eigenvalue weighted by atomic mass is 16.2. The van der Waals surface area contributed by atoms with Gasteiger partial charge in [-0.1, -0.05) is 32.0 Å². The van der Waals surface area contributed by atoms with Gasteiger partial charge in [0.1, 0.15) is 6.04 Å². The minimum atomic E-state index is -0.636. The molecule has 1 atom stereocenters. The van der Waals surface area contributed by atoms with Crippen molar-refractivity contribution < 1.29 is 14.4 Å². The second-order valence-electron chi connectivity index (χ2n) is 6.48. The third-order valence-electron chi connectivity index (χ3n) is 4.08. The lowest BCUT2D eigenvalue weighted by atomic mass is 10.1. The van der Waals surface area contributed by atoms with Crippen LogP contribution in [0.15, 0.2) is 30.3 Å². The number of carbonyl (C=O) groups is 3. The molecule has 6 nitrogen and oxygen atoms in total. The average Bonchev–Trinajstić information content (AvgIpc) is 2.59. The monoisotopic (exact) mass is 331 g/mol. The molecule has 1 N–H and O–H groups in total. The molecule has 1 aromatic carbocycles. The molecule has 2 rings (SSSR count). The summed E-state index contributed by atoms with van der Waals surface area (Å²) in [5, 5.41) is 2.87. The Morgan fingerprint density at radius 3 is 2.42 bits per heavy atom. The highest BCUT2D eigenvalue weighted by Gasteiger charge is 2.35. The lowest BCUT2D eigenvalue weighted by Crippen LogP contribution is -2.61. The predicted molar refractivity (Wildman–Crippen MR) is 91.4 cm³/mol. The van der Waals surface area contributed by atoms with Crippen molar-refractivity contribution in [3.05, 3.63) is 35.9 Å². The van der Waals surface area contributed by atoms with E-state index < -0.39 is 6.04 Å². The Morgan fingerprint density at radius 1 is 1.17 bits per heavy atom. The van der Waals surface area contributed by atoms with Gasteiger partial charge in [-0.15, -0.1) is 0 Å².